The second kappa shape index (κ2) is 7.74. The van der Waals surface area contributed by atoms with Crippen LogP contribution >= 0.6 is 0 Å². The molecule has 0 fully saturated rings. The number of benzene rings is 3. The fourth-order valence-corrected chi connectivity index (χ4v) is 2.12. The van der Waals surface area contributed by atoms with Crippen LogP contribution in [0, 0.1) is 10.1 Å². The van der Waals surface area contributed by atoms with Crippen molar-refractivity contribution < 1.29 is 9.66 Å². The molecule has 0 bridgehead atoms. The number of anilines is 1. The predicted octanol–water partition coefficient (Wildman–Crippen LogP) is 4.83. The molecule has 0 spiro atoms. The van der Waals surface area contributed by atoms with Crippen LogP contribution in [0.4, 0.5) is 11.4 Å². The number of hydrazone groups is 1. The van der Waals surface area contributed by atoms with Crippen LogP contribution < -0.4 is 10.2 Å². The Morgan fingerprint density at radius 3 is 2.36 bits per heavy atom. The van der Waals surface area contributed by atoms with Gasteiger partial charge in [-0.2, -0.15) is 5.10 Å². The quantitative estimate of drug-likeness (QED) is 0.398. The summed E-state index contributed by atoms with van der Waals surface area (Å²) in [4.78, 5) is 10.2. The molecule has 0 amide bonds. The van der Waals surface area contributed by atoms with Crippen molar-refractivity contribution in [1.82, 2.24) is 0 Å². The van der Waals surface area contributed by atoms with Crippen LogP contribution in [0.3, 0.4) is 0 Å². The van der Waals surface area contributed by atoms with Gasteiger partial charge in [0.25, 0.3) is 5.69 Å². The highest BCUT2D eigenvalue weighted by Gasteiger charge is 2.03. The summed E-state index contributed by atoms with van der Waals surface area (Å²) in [5, 5.41) is 14.8. The van der Waals surface area contributed by atoms with Gasteiger partial charge in [-0.3, -0.25) is 15.5 Å². The molecule has 0 aliphatic rings. The van der Waals surface area contributed by atoms with E-state index in [2.05, 4.69) is 10.5 Å². The molecular formula is C19H15N3O3. The SMILES string of the molecule is O=[N+]([O-])c1ccc(N/N=C/c2cccc(Oc3ccccc3)c2)cc1. The molecule has 3 aromatic carbocycles. The van der Waals surface area contributed by atoms with Crippen molar-refractivity contribution in [2.75, 3.05) is 5.43 Å². The number of hydrogen-bond acceptors (Lipinski definition) is 5. The first kappa shape index (κ1) is 16.2. The lowest BCUT2D eigenvalue weighted by Gasteiger charge is -2.05. The first-order valence-electron chi connectivity index (χ1n) is 7.57. The van der Waals surface area contributed by atoms with Gasteiger partial charge in [-0.15, -0.1) is 0 Å². The summed E-state index contributed by atoms with van der Waals surface area (Å²) >= 11 is 0. The number of nitrogens with one attached hydrogen (secondary N) is 1. The zero-order valence-electron chi connectivity index (χ0n) is 13.2. The van der Waals surface area contributed by atoms with Gasteiger partial charge in [0.1, 0.15) is 11.5 Å². The summed E-state index contributed by atoms with van der Waals surface area (Å²) in [6.07, 6.45) is 1.65. The minimum Gasteiger partial charge on any atom is -0.457 e. The first-order chi connectivity index (χ1) is 12.2. The summed E-state index contributed by atoms with van der Waals surface area (Å²) in [6, 6.07) is 23.1. The molecular weight excluding hydrogens is 318 g/mol. The van der Waals surface area contributed by atoms with Crippen LogP contribution in [0.5, 0.6) is 11.5 Å². The molecule has 0 unspecified atom stereocenters. The molecule has 6 heteroatoms. The predicted molar refractivity (Wildman–Crippen MR) is 97.3 cm³/mol. The van der Waals surface area contributed by atoms with Crippen LogP contribution in [-0.4, -0.2) is 11.1 Å². The highest BCUT2D eigenvalue weighted by molar-refractivity contribution is 5.80. The average molecular weight is 333 g/mol. The fourth-order valence-electron chi connectivity index (χ4n) is 2.12. The molecule has 0 saturated carbocycles. The van der Waals surface area contributed by atoms with E-state index in [4.69, 9.17) is 4.74 Å². The third-order valence-corrected chi connectivity index (χ3v) is 3.32. The molecule has 0 atom stereocenters. The van der Waals surface area contributed by atoms with Crippen LogP contribution in [-0.2, 0) is 0 Å². The normalized spacial score (nSPS) is 10.6. The van der Waals surface area contributed by atoms with Crippen molar-refractivity contribution in [3.63, 3.8) is 0 Å². The van der Waals surface area contributed by atoms with Gasteiger partial charge in [-0.25, -0.2) is 0 Å². The molecule has 0 radical (unpaired) electrons. The zero-order chi connectivity index (χ0) is 17.5. The minimum atomic E-state index is -0.439. The Bertz CT molecular complexity index is 878. The zero-order valence-corrected chi connectivity index (χ0v) is 13.2. The van der Waals surface area contributed by atoms with Crippen molar-refractivity contribution in [1.29, 1.82) is 0 Å². The highest BCUT2D eigenvalue weighted by Crippen LogP contribution is 2.21. The maximum atomic E-state index is 10.6. The van der Waals surface area contributed by atoms with Crippen LogP contribution in [0.15, 0.2) is 84.0 Å². The topological polar surface area (TPSA) is 76.8 Å². The number of para-hydroxylation sites is 1. The molecule has 0 heterocycles. The molecule has 25 heavy (non-hydrogen) atoms. The molecule has 1 N–H and O–H groups in total. The summed E-state index contributed by atoms with van der Waals surface area (Å²) < 4.78 is 5.77. The Kier molecular flexibility index (Phi) is 5.01. The smallest absolute Gasteiger partial charge is 0.269 e. The number of ether oxygens (including phenoxy) is 1. The highest BCUT2D eigenvalue weighted by atomic mass is 16.6. The molecule has 0 saturated heterocycles. The van der Waals surface area contributed by atoms with Gasteiger partial charge in [0, 0.05) is 12.1 Å². The maximum Gasteiger partial charge on any atom is 0.269 e. The van der Waals surface area contributed by atoms with Gasteiger partial charge in [-0.1, -0.05) is 30.3 Å². The molecule has 3 aromatic rings. The first-order valence-corrected chi connectivity index (χ1v) is 7.57. The number of nitro groups is 1. The number of rotatable bonds is 6. The second-order valence-corrected chi connectivity index (χ2v) is 5.16. The third-order valence-electron chi connectivity index (χ3n) is 3.32. The van der Waals surface area contributed by atoms with Crippen LogP contribution in [0.25, 0.3) is 0 Å². The Morgan fingerprint density at radius 2 is 1.64 bits per heavy atom. The largest absolute Gasteiger partial charge is 0.457 e. The Morgan fingerprint density at radius 1 is 0.920 bits per heavy atom. The van der Waals surface area contributed by atoms with Crippen LogP contribution in [0.2, 0.25) is 0 Å². The molecule has 0 aliphatic carbocycles. The molecule has 6 nitrogen and oxygen atoms in total. The van der Waals surface area contributed by atoms with Gasteiger partial charge in [0.15, 0.2) is 0 Å². The van der Waals surface area contributed by atoms with Gasteiger partial charge < -0.3 is 4.74 Å². The van der Waals surface area contributed by atoms with Crippen molar-refractivity contribution in [2.45, 2.75) is 0 Å². The number of nitro benzene ring substituents is 1. The molecule has 3 rings (SSSR count). The second-order valence-electron chi connectivity index (χ2n) is 5.16. The summed E-state index contributed by atoms with van der Waals surface area (Å²) in [7, 11) is 0. The Balaban J connectivity index is 1.63. The van der Waals surface area contributed by atoms with E-state index in [1.54, 1.807) is 18.3 Å². The molecule has 124 valence electrons. The summed E-state index contributed by atoms with van der Waals surface area (Å²) in [5.41, 5.74) is 4.41. The van der Waals surface area contributed by atoms with E-state index in [0.717, 1.165) is 11.3 Å². The summed E-state index contributed by atoms with van der Waals surface area (Å²) in [5.74, 6) is 1.48. The number of non-ortho nitro benzene ring substituents is 1. The lowest BCUT2D eigenvalue weighted by atomic mass is 10.2. The van der Waals surface area contributed by atoms with Gasteiger partial charge in [0.05, 0.1) is 16.8 Å². The lowest BCUT2D eigenvalue weighted by molar-refractivity contribution is -0.384. The van der Waals surface area contributed by atoms with Gasteiger partial charge >= 0.3 is 0 Å². The van der Waals surface area contributed by atoms with Crippen LogP contribution in [0.1, 0.15) is 5.56 Å². The maximum absolute atomic E-state index is 10.6. The molecule has 0 aromatic heterocycles. The minimum absolute atomic E-state index is 0.0419. The monoisotopic (exact) mass is 333 g/mol. The Hall–Kier alpha value is -3.67. The standard InChI is InChI=1S/C19H15N3O3/c23-22(24)17-11-9-16(10-12-17)21-20-14-15-5-4-8-19(13-15)25-18-6-2-1-3-7-18/h1-14,21H/b20-14+. The van der Waals surface area contributed by atoms with Crippen molar-refractivity contribution in [3.8, 4) is 11.5 Å². The van der Waals surface area contributed by atoms with E-state index >= 15 is 0 Å². The number of hydrogen-bond donors (Lipinski definition) is 1. The van der Waals surface area contributed by atoms with E-state index in [0.29, 0.717) is 11.4 Å². The van der Waals surface area contributed by atoms with Crippen molar-refractivity contribution in [2.24, 2.45) is 5.10 Å². The van der Waals surface area contributed by atoms with Crippen molar-refractivity contribution in [3.05, 3.63) is 94.5 Å². The van der Waals surface area contributed by atoms with E-state index < -0.39 is 4.92 Å². The Labute approximate surface area is 144 Å². The molecule has 0 aliphatic heterocycles. The average Bonchev–Trinajstić information content (AvgIpc) is 2.63. The fraction of sp³-hybridized carbons (Fsp3) is 0. The summed E-state index contributed by atoms with van der Waals surface area (Å²) in [6.45, 7) is 0. The van der Waals surface area contributed by atoms with E-state index in [-0.39, 0.29) is 5.69 Å². The van der Waals surface area contributed by atoms with Gasteiger partial charge in [0.2, 0.25) is 0 Å². The van der Waals surface area contributed by atoms with E-state index in [9.17, 15) is 10.1 Å². The third kappa shape index (κ3) is 4.65. The van der Waals surface area contributed by atoms with Crippen molar-refractivity contribution >= 4 is 17.6 Å². The van der Waals surface area contributed by atoms with E-state index in [1.807, 2.05) is 54.6 Å². The number of nitrogens with zero attached hydrogens (tertiary/aromatic N) is 2. The van der Waals surface area contributed by atoms with Gasteiger partial charge in [-0.05, 0) is 42.0 Å². The lowest BCUT2D eigenvalue weighted by Crippen LogP contribution is -1.92. The van der Waals surface area contributed by atoms with E-state index in [1.165, 1.54) is 12.1 Å².